The summed E-state index contributed by atoms with van der Waals surface area (Å²) in [4.78, 5) is 20.3. The summed E-state index contributed by atoms with van der Waals surface area (Å²) in [7, 11) is 1.59. The number of hydrogen-bond donors (Lipinski definition) is 3. The molecule has 192 valence electrons. The van der Waals surface area contributed by atoms with E-state index in [0.29, 0.717) is 35.1 Å². The minimum absolute atomic E-state index is 0.00551. The van der Waals surface area contributed by atoms with E-state index in [1.165, 1.54) is 17.4 Å². The third-order valence-electron chi connectivity index (χ3n) is 6.91. The van der Waals surface area contributed by atoms with Crippen molar-refractivity contribution in [1.29, 1.82) is 0 Å². The largest absolute Gasteiger partial charge is 0.488 e. The van der Waals surface area contributed by atoms with Crippen LogP contribution in [-0.4, -0.2) is 56.4 Å². The topological polar surface area (TPSA) is 116 Å². The Hall–Kier alpha value is -3.02. The third kappa shape index (κ3) is 4.25. The number of carbonyl (C=O) groups is 1. The number of nitrogens with zero attached hydrogens (tertiary/aromatic N) is 2. The average molecular weight is 518 g/mol. The first-order valence-corrected chi connectivity index (χ1v) is 12.6. The lowest BCUT2D eigenvalue weighted by Gasteiger charge is -2.29. The molecular formula is C25H29F2N5O3S. The number of rotatable bonds is 5. The molecule has 0 unspecified atom stereocenters. The Morgan fingerprint density at radius 2 is 2.11 bits per heavy atom. The van der Waals surface area contributed by atoms with Crippen LogP contribution in [0.5, 0.6) is 5.75 Å². The average Bonchev–Trinajstić information content (AvgIpc) is 3.36. The standard InChI is InChI=1S/C25H29F2N5O3S/c1-11-4-12(2)30-25-19(11)21(29)23(36-25)24(33)31-14-5-15-16(26)6-18(20(27)22(15)35-10-14)32-7-13(9-34-3)17(28)8-32/h4,6,13-14,17H,5,7-10,28-29H2,1-3H3,(H,31,33)/t13-,14+,17-/m0/s1. The molecule has 11 heteroatoms. The smallest absolute Gasteiger partial charge is 0.263 e. The fraction of sp³-hybridized carbons (Fsp3) is 0.440. The molecule has 5 N–H and O–H groups in total. The minimum atomic E-state index is -0.618. The van der Waals surface area contributed by atoms with Gasteiger partial charge >= 0.3 is 0 Å². The molecular weight excluding hydrogens is 488 g/mol. The lowest BCUT2D eigenvalue weighted by molar-refractivity contribution is 0.0918. The van der Waals surface area contributed by atoms with Crippen molar-refractivity contribution in [2.75, 3.05) is 44.0 Å². The lowest BCUT2D eigenvalue weighted by atomic mass is 10.0. The van der Waals surface area contributed by atoms with Crippen LogP contribution in [0.1, 0.15) is 26.5 Å². The minimum Gasteiger partial charge on any atom is -0.488 e. The van der Waals surface area contributed by atoms with Crippen molar-refractivity contribution in [3.05, 3.63) is 45.5 Å². The van der Waals surface area contributed by atoms with Gasteiger partial charge in [-0.1, -0.05) is 0 Å². The van der Waals surface area contributed by atoms with E-state index >= 15 is 8.78 Å². The highest BCUT2D eigenvalue weighted by Gasteiger charge is 2.35. The van der Waals surface area contributed by atoms with Gasteiger partial charge in [-0.15, -0.1) is 11.3 Å². The molecule has 3 aromatic rings. The van der Waals surface area contributed by atoms with Gasteiger partial charge in [0, 0.05) is 61.3 Å². The second kappa shape index (κ2) is 9.45. The number of nitrogens with one attached hydrogen (secondary N) is 1. The van der Waals surface area contributed by atoms with E-state index in [4.69, 9.17) is 20.9 Å². The van der Waals surface area contributed by atoms with Crippen LogP contribution in [0.2, 0.25) is 0 Å². The monoisotopic (exact) mass is 517 g/mol. The van der Waals surface area contributed by atoms with Crippen molar-refractivity contribution in [3.63, 3.8) is 0 Å². The van der Waals surface area contributed by atoms with E-state index in [1.54, 1.807) is 12.0 Å². The second-order valence-corrected chi connectivity index (χ2v) is 10.6. The Bertz CT molecular complexity index is 1350. The molecule has 1 saturated heterocycles. The highest BCUT2D eigenvalue weighted by atomic mass is 32.1. The molecule has 5 rings (SSSR count). The van der Waals surface area contributed by atoms with Gasteiger partial charge in [-0.3, -0.25) is 4.79 Å². The molecule has 1 aromatic carbocycles. The first kappa shape index (κ1) is 24.7. The van der Waals surface area contributed by atoms with E-state index in [1.807, 2.05) is 19.9 Å². The van der Waals surface area contributed by atoms with Gasteiger partial charge in [-0.25, -0.2) is 13.8 Å². The summed E-state index contributed by atoms with van der Waals surface area (Å²) >= 11 is 1.21. The summed E-state index contributed by atoms with van der Waals surface area (Å²) in [5.41, 5.74) is 14.8. The Labute approximate surface area is 211 Å². The van der Waals surface area contributed by atoms with Crippen LogP contribution in [-0.2, 0) is 11.2 Å². The van der Waals surface area contributed by atoms with Gasteiger partial charge in [-0.2, -0.15) is 0 Å². The summed E-state index contributed by atoms with van der Waals surface area (Å²) in [5, 5.41) is 3.62. The highest BCUT2D eigenvalue weighted by molar-refractivity contribution is 7.21. The fourth-order valence-electron chi connectivity index (χ4n) is 5.15. The van der Waals surface area contributed by atoms with E-state index in [9.17, 15) is 4.79 Å². The number of hydrogen-bond acceptors (Lipinski definition) is 8. The number of ether oxygens (including phenoxy) is 2. The Morgan fingerprint density at radius 3 is 2.86 bits per heavy atom. The molecule has 1 fully saturated rings. The van der Waals surface area contributed by atoms with Crippen LogP contribution < -0.4 is 26.4 Å². The molecule has 2 aromatic heterocycles. The van der Waals surface area contributed by atoms with Crippen LogP contribution in [0.25, 0.3) is 10.2 Å². The maximum absolute atomic E-state index is 15.4. The van der Waals surface area contributed by atoms with Crippen molar-refractivity contribution in [2.45, 2.75) is 32.4 Å². The van der Waals surface area contributed by atoms with Crippen LogP contribution in [0.4, 0.5) is 20.2 Å². The van der Waals surface area contributed by atoms with E-state index < -0.39 is 23.6 Å². The predicted octanol–water partition coefficient (Wildman–Crippen LogP) is 2.92. The van der Waals surface area contributed by atoms with Gasteiger partial charge in [-0.05, 0) is 25.5 Å². The zero-order valence-corrected chi connectivity index (χ0v) is 21.2. The Morgan fingerprint density at radius 1 is 1.33 bits per heavy atom. The van der Waals surface area contributed by atoms with Crippen LogP contribution in [0.3, 0.4) is 0 Å². The molecule has 0 bridgehead atoms. The van der Waals surface area contributed by atoms with E-state index in [0.717, 1.165) is 16.6 Å². The quantitative estimate of drug-likeness (QED) is 0.477. The summed E-state index contributed by atoms with van der Waals surface area (Å²) in [6, 6.07) is 2.35. The molecule has 0 spiro atoms. The number of fused-ring (bicyclic) bond motifs is 2. The molecule has 0 radical (unpaired) electrons. The zero-order chi connectivity index (χ0) is 25.7. The number of nitrogen functional groups attached to an aromatic ring is 1. The summed E-state index contributed by atoms with van der Waals surface area (Å²) in [5.74, 6) is -1.68. The number of halogens is 2. The molecule has 4 heterocycles. The molecule has 0 aliphatic carbocycles. The van der Waals surface area contributed by atoms with Crippen molar-refractivity contribution < 1.29 is 23.0 Å². The fourth-order valence-corrected chi connectivity index (χ4v) is 6.27. The first-order chi connectivity index (χ1) is 17.2. The number of aryl methyl sites for hydroxylation is 2. The molecule has 36 heavy (non-hydrogen) atoms. The maximum Gasteiger partial charge on any atom is 0.263 e. The second-order valence-electron chi connectivity index (χ2n) is 9.57. The van der Waals surface area contributed by atoms with Crippen molar-refractivity contribution in [1.82, 2.24) is 10.3 Å². The van der Waals surface area contributed by atoms with Crippen molar-refractivity contribution in [3.8, 4) is 5.75 Å². The van der Waals surface area contributed by atoms with Crippen LogP contribution >= 0.6 is 11.3 Å². The Kier molecular flexibility index (Phi) is 6.48. The number of thiophene rings is 1. The molecule has 3 atom stereocenters. The molecule has 0 saturated carbocycles. The van der Waals surface area contributed by atoms with Crippen molar-refractivity contribution >= 4 is 38.8 Å². The maximum atomic E-state index is 15.4. The number of amides is 1. The Balaban J connectivity index is 1.35. The zero-order valence-electron chi connectivity index (χ0n) is 20.4. The summed E-state index contributed by atoms with van der Waals surface area (Å²) in [6.07, 6.45) is 0.0944. The highest BCUT2D eigenvalue weighted by Crippen LogP contribution is 2.39. The molecule has 1 amide bonds. The molecule has 2 aliphatic rings. The normalized spacial score (nSPS) is 21.5. The summed E-state index contributed by atoms with van der Waals surface area (Å²) in [6.45, 7) is 5.12. The van der Waals surface area contributed by atoms with Gasteiger partial charge in [0.1, 0.15) is 22.1 Å². The number of carbonyl (C=O) groups excluding carboxylic acids is 1. The molecule has 2 aliphatic heterocycles. The number of aromatic nitrogens is 1. The number of anilines is 2. The number of pyridine rings is 1. The first-order valence-electron chi connectivity index (χ1n) is 11.8. The van der Waals surface area contributed by atoms with Crippen molar-refractivity contribution in [2.24, 2.45) is 11.7 Å². The van der Waals surface area contributed by atoms with E-state index in [2.05, 4.69) is 10.3 Å². The third-order valence-corrected chi connectivity index (χ3v) is 8.01. The SMILES string of the molecule is COC[C@@H]1CN(c2cc(F)c3c(c2F)OC[C@H](NC(=O)c2sc4nc(C)cc(C)c4c2N)C3)C[C@@H]1N. The summed E-state index contributed by atoms with van der Waals surface area (Å²) < 4.78 is 41.4. The number of benzene rings is 1. The van der Waals surface area contributed by atoms with Crippen LogP contribution in [0.15, 0.2) is 12.1 Å². The van der Waals surface area contributed by atoms with Gasteiger partial charge in [0.25, 0.3) is 5.91 Å². The van der Waals surface area contributed by atoms with E-state index in [-0.39, 0.29) is 42.0 Å². The predicted molar refractivity (Wildman–Crippen MR) is 136 cm³/mol. The number of methoxy groups -OCH3 is 1. The number of nitrogens with two attached hydrogens (primary N) is 2. The lowest BCUT2D eigenvalue weighted by Crippen LogP contribution is -2.43. The molecule has 8 nitrogen and oxygen atoms in total. The van der Waals surface area contributed by atoms with Gasteiger partial charge in [0.2, 0.25) is 0 Å². The van der Waals surface area contributed by atoms with Gasteiger partial charge in [0.05, 0.1) is 24.0 Å². The van der Waals surface area contributed by atoms with Gasteiger partial charge < -0.3 is 31.2 Å². The van der Waals surface area contributed by atoms with Gasteiger partial charge in [0.15, 0.2) is 11.6 Å². The van der Waals surface area contributed by atoms with Crippen LogP contribution in [0, 0.1) is 31.4 Å².